The van der Waals surface area contributed by atoms with Crippen LogP contribution in [0, 0.1) is 6.92 Å². The van der Waals surface area contributed by atoms with Gasteiger partial charge in [0.25, 0.3) is 0 Å². The Morgan fingerprint density at radius 2 is 1.51 bits per heavy atom. The number of carbonyl (C=O) groups is 2. The maximum atomic E-state index is 11.8. The Morgan fingerprint density at radius 1 is 0.927 bits per heavy atom. The zero-order valence-electron chi connectivity index (χ0n) is 21.9. The van der Waals surface area contributed by atoms with Gasteiger partial charge in [-0.1, -0.05) is 42.5 Å². The zero-order chi connectivity index (χ0) is 29.9. The molecule has 4 aromatic rings. The summed E-state index contributed by atoms with van der Waals surface area (Å²) in [6.45, 7) is 3.98. The Labute approximate surface area is 234 Å². The normalized spacial score (nSPS) is 16.0. The first kappa shape index (κ1) is 30.1. The van der Waals surface area contributed by atoms with Gasteiger partial charge in [-0.15, -0.1) is 0 Å². The van der Waals surface area contributed by atoms with Gasteiger partial charge >= 0.3 is 18.1 Å². The van der Waals surface area contributed by atoms with Crippen molar-refractivity contribution in [3.05, 3.63) is 77.6 Å². The lowest BCUT2D eigenvalue weighted by Crippen LogP contribution is -2.37. The molecule has 0 radical (unpaired) electrons. The van der Waals surface area contributed by atoms with Crippen molar-refractivity contribution in [2.75, 3.05) is 24.6 Å². The smallest absolute Gasteiger partial charge is 0.478 e. The van der Waals surface area contributed by atoms with Crippen LogP contribution in [0.25, 0.3) is 33.3 Å². The number of aromatic carboxylic acids is 1. The Hall–Kier alpha value is -3.91. The summed E-state index contributed by atoms with van der Waals surface area (Å²) < 4.78 is 51.4. The van der Waals surface area contributed by atoms with E-state index in [0.717, 1.165) is 28.8 Å². The van der Waals surface area contributed by atoms with Crippen LogP contribution in [0.15, 0.2) is 60.7 Å². The molecule has 13 heteroatoms. The fourth-order valence-corrected chi connectivity index (χ4v) is 5.76. The third-order valence-corrected chi connectivity index (χ3v) is 8.20. The van der Waals surface area contributed by atoms with Gasteiger partial charge in [-0.2, -0.15) is 23.8 Å². The van der Waals surface area contributed by atoms with Gasteiger partial charge in [0.05, 0.1) is 22.6 Å². The van der Waals surface area contributed by atoms with Crippen molar-refractivity contribution in [1.29, 1.82) is 0 Å². The molecule has 9 nitrogen and oxygen atoms in total. The van der Waals surface area contributed by atoms with Gasteiger partial charge in [0, 0.05) is 19.6 Å². The van der Waals surface area contributed by atoms with Gasteiger partial charge < -0.3 is 15.2 Å². The van der Waals surface area contributed by atoms with Crippen LogP contribution in [0.3, 0.4) is 0 Å². The maximum Gasteiger partial charge on any atom is 0.490 e. The van der Waals surface area contributed by atoms with Crippen LogP contribution in [0.2, 0.25) is 0 Å². The number of fused-ring (bicyclic) bond motifs is 1. The number of aryl methyl sites for hydroxylation is 1. The molecule has 5 N–H and O–H groups in total. The number of H-pyrrole nitrogens is 1. The molecule has 0 spiro atoms. The van der Waals surface area contributed by atoms with Crippen LogP contribution in [-0.4, -0.2) is 76.9 Å². The average molecular weight is 592 g/mol. The van der Waals surface area contributed by atoms with E-state index in [1.165, 1.54) is 5.56 Å². The number of aromatic nitrogens is 2. The van der Waals surface area contributed by atoms with E-state index < -0.39 is 28.7 Å². The van der Waals surface area contributed by atoms with E-state index in [0.29, 0.717) is 41.5 Å². The third-order valence-electron chi connectivity index (χ3n) is 6.53. The maximum absolute atomic E-state index is 11.8. The minimum absolute atomic E-state index is 0.188. The summed E-state index contributed by atoms with van der Waals surface area (Å²) >= 11 is 0. The van der Waals surface area contributed by atoms with Crippen molar-refractivity contribution >= 4 is 33.6 Å². The molecular formula is C28H28F3N3O6S. The molecule has 1 aliphatic heterocycles. The molecule has 1 saturated heterocycles. The summed E-state index contributed by atoms with van der Waals surface area (Å²) in [7, 11) is -2.38. The number of hydrogen-bond donors (Lipinski definition) is 5. The number of hydrogen-bond acceptors (Lipinski definition) is 6. The average Bonchev–Trinajstić information content (AvgIpc) is 3.29. The number of alkyl halides is 3. The highest BCUT2D eigenvalue weighted by Crippen LogP contribution is 2.40. The highest BCUT2D eigenvalue weighted by molar-refractivity contribution is 8.24. The summed E-state index contributed by atoms with van der Waals surface area (Å²) in [5, 5.41) is 16.8. The highest BCUT2D eigenvalue weighted by atomic mass is 32.3. The first-order valence-electron chi connectivity index (χ1n) is 12.4. The van der Waals surface area contributed by atoms with Crippen molar-refractivity contribution in [3.8, 4) is 22.3 Å². The Balaban J connectivity index is 0.000000493. The second-order valence-corrected chi connectivity index (χ2v) is 12.0. The molecule has 2 heterocycles. The van der Waals surface area contributed by atoms with E-state index in [9.17, 15) is 32.2 Å². The Kier molecular flexibility index (Phi) is 8.73. The van der Waals surface area contributed by atoms with Gasteiger partial charge in [-0.3, -0.25) is 14.0 Å². The van der Waals surface area contributed by atoms with E-state index in [-0.39, 0.29) is 5.56 Å². The molecule has 1 aliphatic rings. The summed E-state index contributed by atoms with van der Waals surface area (Å²) in [5.41, 5.74) is 6.50. The summed E-state index contributed by atoms with van der Waals surface area (Å²) in [4.78, 5) is 30.4. The summed E-state index contributed by atoms with van der Waals surface area (Å²) in [6, 6.07) is 20.1. The molecule has 0 saturated carbocycles. The molecule has 0 aliphatic carbocycles. The number of aliphatic carboxylic acids is 1. The van der Waals surface area contributed by atoms with E-state index in [4.69, 9.17) is 9.90 Å². The lowest BCUT2D eigenvalue weighted by molar-refractivity contribution is -0.192. The van der Waals surface area contributed by atoms with Crippen molar-refractivity contribution in [3.63, 3.8) is 0 Å². The van der Waals surface area contributed by atoms with Gasteiger partial charge in [0.1, 0.15) is 11.3 Å². The number of carboxylic acid groups (broad SMARTS) is 2. The van der Waals surface area contributed by atoms with E-state index in [1.54, 1.807) is 6.07 Å². The van der Waals surface area contributed by atoms with Gasteiger partial charge in [0.15, 0.2) is 0 Å². The zero-order valence-corrected chi connectivity index (χ0v) is 22.7. The topological polar surface area (TPSA) is 147 Å². The van der Waals surface area contributed by atoms with Crippen LogP contribution in [0.5, 0.6) is 0 Å². The van der Waals surface area contributed by atoms with E-state index >= 15 is 0 Å². The molecule has 3 aromatic carbocycles. The predicted molar refractivity (Wildman–Crippen MR) is 150 cm³/mol. The number of nitrogens with zero attached hydrogens (tertiary/aromatic N) is 2. The Morgan fingerprint density at radius 3 is 2.07 bits per heavy atom. The van der Waals surface area contributed by atoms with Crippen molar-refractivity contribution < 1.29 is 42.1 Å². The lowest BCUT2D eigenvalue weighted by atomic mass is 9.97. The largest absolute Gasteiger partial charge is 0.490 e. The van der Waals surface area contributed by atoms with Crippen LogP contribution in [0.4, 0.5) is 13.2 Å². The number of benzene rings is 3. The molecule has 41 heavy (non-hydrogen) atoms. The van der Waals surface area contributed by atoms with Gasteiger partial charge in [0.2, 0.25) is 0 Å². The second kappa shape index (κ2) is 11.9. The number of rotatable bonds is 5. The van der Waals surface area contributed by atoms with E-state index in [2.05, 4.69) is 33.1 Å². The number of aromatic amines is 1. The Bertz CT molecular complexity index is 1560. The molecule has 218 valence electrons. The number of imidazole rings is 1. The first-order chi connectivity index (χ1) is 19.2. The van der Waals surface area contributed by atoms with Crippen molar-refractivity contribution in [2.24, 2.45) is 0 Å². The lowest BCUT2D eigenvalue weighted by Gasteiger charge is -2.41. The van der Waals surface area contributed by atoms with Crippen LogP contribution < -0.4 is 0 Å². The number of carboxylic acids is 2. The number of halogens is 3. The van der Waals surface area contributed by atoms with Gasteiger partial charge in [-0.05, 0) is 52.9 Å². The monoisotopic (exact) mass is 591 g/mol. The van der Waals surface area contributed by atoms with Crippen LogP contribution >= 0.6 is 10.6 Å². The van der Waals surface area contributed by atoms with Crippen LogP contribution in [0.1, 0.15) is 21.7 Å². The summed E-state index contributed by atoms with van der Waals surface area (Å²) in [6.07, 6.45) is -5.08. The summed E-state index contributed by atoms with van der Waals surface area (Å²) in [5.74, 6) is -2.18. The molecule has 0 bridgehead atoms. The van der Waals surface area contributed by atoms with Crippen LogP contribution in [-0.2, 0) is 11.3 Å². The quantitative estimate of drug-likeness (QED) is 0.187. The fraction of sp³-hybridized carbons (Fsp3) is 0.250. The van der Waals surface area contributed by atoms with Gasteiger partial charge in [-0.25, -0.2) is 14.6 Å². The van der Waals surface area contributed by atoms with Crippen molar-refractivity contribution in [1.82, 2.24) is 14.9 Å². The fourth-order valence-electron chi connectivity index (χ4n) is 4.46. The predicted octanol–water partition coefficient (Wildman–Crippen LogP) is 6.10. The highest BCUT2D eigenvalue weighted by Gasteiger charge is 2.38. The molecule has 5 rings (SSSR count). The first-order valence-corrected chi connectivity index (χ1v) is 14.3. The molecule has 1 fully saturated rings. The minimum Gasteiger partial charge on any atom is -0.478 e. The minimum atomic E-state index is -5.08. The van der Waals surface area contributed by atoms with E-state index in [1.807, 2.05) is 43.3 Å². The molecule has 1 aromatic heterocycles. The second-order valence-electron chi connectivity index (χ2n) is 9.61. The SMILES string of the molecule is Cc1nc2c(C(=O)O)cc(-c3ccc(-c4cccc(CN5CCS(O)(O)CC5)c4)cc3)cc2[nH]1.O=C(O)C(F)(F)F. The molecule has 0 unspecified atom stereocenters. The molecule has 0 atom stereocenters. The standard InChI is InChI=1S/C26H27N3O4S.C2HF3O2/c1-17-27-24-15-22(14-23(26(30)31)25(24)28-17)20-7-5-19(6-8-20)21-4-2-3-18(13-21)16-29-9-11-34(32,33)12-10-29;3-2(4,5)1(6)7/h2-8,13-15,32-33H,9-12,16H2,1H3,(H,27,28)(H,30,31);(H,6,7). The number of nitrogens with one attached hydrogen (secondary N) is 1. The van der Waals surface area contributed by atoms with Crippen molar-refractivity contribution in [2.45, 2.75) is 19.6 Å². The molecule has 0 amide bonds. The third kappa shape index (κ3) is 7.64. The molecular weight excluding hydrogens is 563 g/mol.